The van der Waals surface area contributed by atoms with Gasteiger partial charge in [0, 0.05) is 24.2 Å². The van der Waals surface area contributed by atoms with Gasteiger partial charge in [-0.2, -0.15) is 0 Å². The van der Waals surface area contributed by atoms with Gasteiger partial charge >= 0.3 is 11.9 Å². The molecule has 31 heavy (non-hydrogen) atoms. The van der Waals surface area contributed by atoms with Crippen molar-refractivity contribution < 1.29 is 28.7 Å². The van der Waals surface area contributed by atoms with E-state index >= 15 is 0 Å². The van der Waals surface area contributed by atoms with Gasteiger partial charge in [0.15, 0.2) is 6.61 Å². The highest BCUT2D eigenvalue weighted by Gasteiger charge is 2.33. The molecule has 1 N–H and O–H groups in total. The molecule has 2 amide bonds. The highest BCUT2D eigenvalue weighted by Crippen LogP contribution is 2.24. The summed E-state index contributed by atoms with van der Waals surface area (Å²) in [7, 11) is 0. The number of ether oxygens (including phenoxy) is 2. The van der Waals surface area contributed by atoms with Gasteiger partial charge in [0.2, 0.25) is 5.91 Å². The Labute approximate surface area is 183 Å². The fourth-order valence-electron chi connectivity index (χ4n) is 3.22. The molecule has 0 spiro atoms. The molecule has 8 nitrogen and oxygen atoms in total. The van der Waals surface area contributed by atoms with Crippen LogP contribution >= 0.6 is 0 Å². The lowest BCUT2D eigenvalue weighted by Crippen LogP contribution is -2.45. The third-order valence-corrected chi connectivity index (χ3v) is 4.85. The summed E-state index contributed by atoms with van der Waals surface area (Å²) < 4.78 is 10.3. The van der Waals surface area contributed by atoms with Crippen molar-refractivity contribution in [3.05, 3.63) is 29.8 Å². The van der Waals surface area contributed by atoms with Crippen LogP contribution < -0.4 is 5.32 Å². The smallest absolute Gasteiger partial charge is 0.338 e. The normalized spacial score (nSPS) is 14.8. The van der Waals surface area contributed by atoms with Crippen molar-refractivity contribution in [1.82, 2.24) is 4.90 Å². The zero-order valence-corrected chi connectivity index (χ0v) is 18.9. The lowest BCUT2D eigenvalue weighted by Gasteiger charge is -2.34. The Kier molecular flexibility index (Phi) is 8.19. The summed E-state index contributed by atoms with van der Waals surface area (Å²) in [4.78, 5) is 50.3. The SMILES string of the molecule is CC(C)OC(=O)c1ccc(NC(=O)COC(=O)C2CCN(C(=O)C(C)(C)C)CC2)cc1. The number of rotatable bonds is 6. The molecule has 1 aliphatic heterocycles. The predicted octanol–water partition coefficient (Wildman–Crippen LogP) is 3.02. The number of piperidine rings is 1. The van der Waals surface area contributed by atoms with Crippen LogP contribution in [0, 0.1) is 11.3 Å². The molecule has 1 fully saturated rings. The van der Waals surface area contributed by atoms with E-state index in [2.05, 4.69) is 5.32 Å². The summed E-state index contributed by atoms with van der Waals surface area (Å²) in [5.41, 5.74) is 0.420. The van der Waals surface area contributed by atoms with E-state index in [1.54, 1.807) is 43.0 Å². The number of nitrogens with one attached hydrogen (secondary N) is 1. The van der Waals surface area contributed by atoms with Crippen molar-refractivity contribution in [1.29, 1.82) is 0 Å². The van der Waals surface area contributed by atoms with E-state index in [0.29, 0.717) is 37.2 Å². The van der Waals surface area contributed by atoms with E-state index in [9.17, 15) is 19.2 Å². The molecule has 0 atom stereocenters. The highest BCUT2D eigenvalue weighted by molar-refractivity contribution is 5.94. The van der Waals surface area contributed by atoms with Gasteiger partial charge in [-0.25, -0.2) is 4.79 Å². The fraction of sp³-hybridized carbons (Fsp3) is 0.565. The molecule has 0 saturated carbocycles. The van der Waals surface area contributed by atoms with Crippen LogP contribution in [0.4, 0.5) is 5.69 Å². The molecule has 1 aromatic carbocycles. The van der Waals surface area contributed by atoms with Gasteiger partial charge in [0.05, 0.1) is 17.6 Å². The second-order valence-electron chi connectivity index (χ2n) is 9.00. The monoisotopic (exact) mass is 432 g/mol. The molecule has 0 bridgehead atoms. The fourth-order valence-corrected chi connectivity index (χ4v) is 3.22. The van der Waals surface area contributed by atoms with E-state index in [4.69, 9.17) is 9.47 Å². The zero-order valence-electron chi connectivity index (χ0n) is 18.9. The van der Waals surface area contributed by atoms with E-state index < -0.39 is 29.9 Å². The first kappa shape index (κ1) is 24.4. The van der Waals surface area contributed by atoms with Crippen molar-refractivity contribution in [3.63, 3.8) is 0 Å². The Morgan fingerprint density at radius 2 is 1.65 bits per heavy atom. The number of carbonyl (C=O) groups is 4. The van der Waals surface area contributed by atoms with Gasteiger partial charge in [0.25, 0.3) is 5.91 Å². The van der Waals surface area contributed by atoms with Crippen molar-refractivity contribution in [2.45, 2.75) is 53.6 Å². The van der Waals surface area contributed by atoms with Crippen LogP contribution in [0.15, 0.2) is 24.3 Å². The number of likely N-dealkylation sites (tertiary alicyclic amines) is 1. The molecule has 2 rings (SSSR count). The summed E-state index contributed by atoms with van der Waals surface area (Å²) in [5, 5.41) is 2.62. The van der Waals surface area contributed by atoms with Crippen molar-refractivity contribution in [3.8, 4) is 0 Å². The highest BCUT2D eigenvalue weighted by atomic mass is 16.5. The second-order valence-corrected chi connectivity index (χ2v) is 9.00. The summed E-state index contributed by atoms with van der Waals surface area (Å²) in [6.07, 6.45) is 0.833. The van der Waals surface area contributed by atoms with E-state index in [1.807, 2.05) is 20.8 Å². The Hall–Kier alpha value is -2.90. The first-order valence-electron chi connectivity index (χ1n) is 10.5. The molecular weight excluding hydrogens is 400 g/mol. The van der Waals surface area contributed by atoms with Crippen LogP contribution in [-0.2, 0) is 23.9 Å². The van der Waals surface area contributed by atoms with Crippen molar-refractivity contribution in [2.24, 2.45) is 11.3 Å². The number of hydrogen-bond donors (Lipinski definition) is 1. The molecule has 0 radical (unpaired) electrons. The zero-order chi connectivity index (χ0) is 23.2. The number of carbonyl (C=O) groups excluding carboxylic acids is 4. The van der Waals surface area contributed by atoms with E-state index in [0.717, 1.165) is 0 Å². The minimum absolute atomic E-state index is 0.0715. The summed E-state index contributed by atoms with van der Waals surface area (Å²) in [6.45, 7) is 9.78. The molecule has 0 aromatic heterocycles. The maximum atomic E-state index is 12.3. The van der Waals surface area contributed by atoms with Gasteiger partial charge in [-0.05, 0) is 51.0 Å². The minimum Gasteiger partial charge on any atom is -0.459 e. The van der Waals surface area contributed by atoms with Gasteiger partial charge < -0.3 is 19.7 Å². The molecule has 1 heterocycles. The third kappa shape index (κ3) is 7.38. The van der Waals surface area contributed by atoms with E-state index in [1.165, 1.54) is 0 Å². The number of nitrogens with zero attached hydrogens (tertiary/aromatic N) is 1. The molecule has 1 saturated heterocycles. The lowest BCUT2D eigenvalue weighted by molar-refractivity contribution is -0.155. The number of esters is 2. The molecule has 8 heteroatoms. The number of hydrogen-bond acceptors (Lipinski definition) is 6. The number of amides is 2. The first-order chi connectivity index (χ1) is 14.5. The van der Waals surface area contributed by atoms with E-state index in [-0.39, 0.29) is 17.9 Å². The lowest BCUT2D eigenvalue weighted by atomic mass is 9.91. The molecular formula is C23H32N2O6. The Morgan fingerprint density at radius 1 is 1.06 bits per heavy atom. The Bertz CT molecular complexity index is 802. The molecule has 0 unspecified atom stereocenters. The average Bonchev–Trinajstić information content (AvgIpc) is 2.71. The first-order valence-corrected chi connectivity index (χ1v) is 10.5. The number of benzene rings is 1. The second kappa shape index (κ2) is 10.4. The van der Waals surface area contributed by atoms with Gasteiger partial charge in [-0.3, -0.25) is 14.4 Å². The molecule has 170 valence electrons. The van der Waals surface area contributed by atoms with Gasteiger partial charge in [0.1, 0.15) is 0 Å². The third-order valence-electron chi connectivity index (χ3n) is 4.85. The quantitative estimate of drug-likeness (QED) is 0.694. The van der Waals surface area contributed by atoms with Gasteiger partial charge in [-0.1, -0.05) is 20.8 Å². The summed E-state index contributed by atoms with van der Waals surface area (Å²) >= 11 is 0. The number of anilines is 1. The van der Waals surface area contributed by atoms with Crippen LogP contribution in [0.2, 0.25) is 0 Å². The van der Waals surface area contributed by atoms with Gasteiger partial charge in [-0.15, -0.1) is 0 Å². The predicted molar refractivity (Wildman–Crippen MR) is 115 cm³/mol. The van der Waals surface area contributed by atoms with Crippen LogP contribution in [0.3, 0.4) is 0 Å². The van der Waals surface area contributed by atoms with Crippen LogP contribution in [0.25, 0.3) is 0 Å². The van der Waals surface area contributed by atoms with Crippen molar-refractivity contribution >= 4 is 29.4 Å². The largest absolute Gasteiger partial charge is 0.459 e. The molecule has 0 aliphatic carbocycles. The summed E-state index contributed by atoms with van der Waals surface area (Å²) in [5.74, 6) is -1.57. The topological polar surface area (TPSA) is 102 Å². The minimum atomic E-state index is -0.466. The Morgan fingerprint density at radius 3 is 2.16 bits per heavy atom. The maximum Gasteiger partial charge on any atom is 0.338 e. The standard InChI is InChI=1S/C23H32N2O6/c1-15(2)31-21(28)16-6-8-18(9-7-16)24-19(26)14-30-20(27)17-10-12-25(13-11-17)22(29)23(3,4)5/h6-9,15,17H,10-14H2,1-5H3,(H,24,26). The van der Waals surface area contributed by atoms with Crippen molar-refractivity contribution in [2.75, 3.05) is 25.0 Å². The Balaban J connectivity index is 1.76. The van der Waals surface area contributed by atoms with Crippen LogP contribution in [-0.4, -0.2) is 54.5 Å². The molecule has 1 aliphatic rings. The van der Waals surface area contributed by atoms with Crippen LogP contribution in [0.5, 0.6) is 0 Å². The summed E-state index contributed by atoms with van der Waals surface area (Å²) in [6, 6.07) is 6.27. The average molecular weight is 433 g/mol. The maximum absolute atomic E-state index is 12.3. The van der Waals surface area contributed by atoms with Crippen LogP contribution in [0.1, 0.15) is 57.8 Å². The molecule has 1 aromatic rings.